The smallest absolute Gasteiger partial charge is 0.338 e. The van der Waals surface area contributed by atoms with Gasteiger partial charge in [-0.15, -0.1) is 0 Å². The fraction of sp³-hybridized carbons (Fsp3) is 0.292. The number of furan rings is 1. The number of rotatable bonds is 4. The number of esters is 1. The van der Waals surface area contributed by atoms with Crippen LogP contribution in [0, 0.1) is 13.8 Å². The van der Waals surface area contributed by atoms with Crippen LogP contribution >= 0.6 is 11.3 Å². The van der Waals surface area contributed by atoms with Crippen molar-refractivity contribution < 1.29 is 23.4 Å². The summed E-state index contributed by atoms with van der Waals surface area (Å²) < 4.78 is 24.1. The highest BCUT2D eigenvalue weighted by molar-refractivity contribution is 7.07. The van der Waals surface area contributed by atoms with Gasteiger partial charge in [-0.05, 0) is 69.2 Å². The number of aromatic nitrogens is 1. The summed E-state index contributed by atoms with van der Waals surface area (Å²) in [5, 5.41) is 0. The maximum Gasteiger partial charge on any atom is 0.338 e. The van der Waals surface area contributed by atoms with Gasteiger partial charge in [0.25, 0.3) is 5.56 Å². The van der Waals surface area contributed by atoms with Crippen molar-refractivity contribution in [3.05, 3.63) is 77.9 Å². The molecule has 33 heavy (non-hydrogen) atoms. The van der Waals surface area contributed by atoms with Gasteiger partial charge in [0, 0.05) is 0 Å². The van der Waals surface area contributed by atoms with Crippen LogP contribution in [0.25, 0.3) is 6.08 Å². The van der Waals surface area contributed by atoms with E-state index in [9.17, 15) is 9.59 Å². The first-order valence-electron chi connectivity index (χ1n) is 10.5. The van der Waals surface area contributed by atoms with Crippen LogP contribution in [0.2, 0.25) is 0 Å². The molecular formula is C24H22N2O6S. The summed E-state index contributed by atoms with van der Waals surface area (Å²) in [5.41, 5.74) is 2.33. The van der Waals surface area contributed by atoms with Crippen molar-refractivity contribution in [3.8, 4) is 11.5 Å². The van der Waals surface area contributed by atoms with Gasteiger partial charge in [0.15, 0.2) is 16.3 Å². The first-order valence-corrected chi connectivity index (χ1v) is 11.3. The molecule has 0 fully saturated rings. The molecule has 0 unspecified atom stereocenters. The Bertz CT molecular complexity index is 1490. The van der Waals surface area contributed by atoms with Crippen LogP contribution in [0.15, 0.2) is 49.7 Å². The molecule has 2 aromatic heterocycles. The summed E-state index contributed by atoms with van der Waals surface area (Å²) in [6, 6.07) is 6.58. The van der Waals surface area contributed by atoms with Gasteiger partial charge in [0.2, 0.25) is 6.79 Å². The molecule has 1 atom stereocenters. The number of carbonyl (C=O) groups excluding carboxylic acids is 1. The van der Waals surface area contributed by atoms with Gasteiger partial charge in [0.1, 0.15) is 17.6 Å². The van der Waals surface area contributed by atoms with Gasteiger partial charge in [-0.3, -0.25) is 9.36 Å². The molecule has 0 amide bonds. The molecule has 1 aromatic carbocycles. The molecule has 0 radical (unpaired) electrons. The molecule has 9 heteroatoms. The third kappa shape index (κ3) is 3.58. The van der Waals surface area contributed by atoms with E-state index in [0.29, 0.717) is 43.6 Å². The number of carbonyl (C=O) groups is 1. The molecule has 2 aliphatic heterocycles. The van der Waals surface area contributed by atoms with E-state index in [2.05, 4.69) is 4.99 Å². The molecule has 3 aromatic rings. The number of hydrogen-bond donors (Lipinski definition) is 0. The van der Waals surface area contributed by atoms with E-state index in [4.69, 9.17) is 18.6 Å². The van der Waals surface area contributed by atoms with E-state index in [1.807, 2.05) is 32.1 Å². The molecule has 2 aliphatic rings. The van der Waals surface area contributed by atoms with E-state index in [0.717, 1.165) is 11.1 Å². The molecule has 0 aliphatic carbocycles. The second-order valence-corrected chi connectivity index (χ2v) is 8.82. The van der Waals surface area contributed by atoms with Crippen LogP contribution < -0.4 is 24.4 Å². The minimum absolute atomic E-state index is 0.179. The monoisotopic (exact) mass is 466 g/mol. The molecule has 0 bridgehead atoms. The summed E-state index contributed by atoms with van der Waals surface area (Å²) in [6.07, 6.45) is 1.81. The maximum atomic E-state index is 13.6. The second kappa shape index (κ2) is 8.08. The van der Waals surface area contributed by atoms with Crippen LogP contribution in [-0.2, 0) is 9.53 Å². The predicted octanol–water partition coefficient (Wildman–Crippen LogP) is 2.74. The van der Waals surface area contributed by atoms with Gasteiger partial charge >= 0.3 is 5.97 Å². The molecule has 5 rings (SSSR count). The Morgan fingerprint density at radius 3 is 2.70 bits per heavy atom. The molecule has 170 valence electrons. The van der Waals surface area contributed by atoms with Crippen molar-refractivity contribution in [2.75, 3.05) is 13.4 Å². The fourth-order valence-electron chi connectivity index (χ4n) is 4.02. The van der Waals surface area contributed by atoms with Gasteiger partial charge in [-0.2, -0.15) is 0 Å². The normalized spacial score (nSPS) is 17.2. The number of benzene rings is 1. The summed E-state index contributed by atoms with van der Waals surface area (Å²) in [4.78, 5) is 31.5. The zero-order chi connectivity index (χ0) is 23.3. The number of thiazole rings is 1. The number of nitrogens with zero attached hydrogens (tertiary/aromatic N) is 2. The number of aryl methyl sites for hydroxylation is 2. The molecule has 0 N–H and O–H groups in total. The highest BCUT2D eigenvalue weighted by atomic mass is 32.1. The number of ether oxygens (including phenoxy) is 3. The quantitative estimate of drug-likeness (QED) is 0.549. The van der Waals surface area contributed by atoms with Crippen molar-refractivity contribution in [2.45, 2.75) is 33.7 Å². The highest BCUT2D eigenvalue weighted by Gasteiger charge is 2.35. The molecule has 0 saturated heterocycles. The van der Waals surface area contributed by atoms with Crippen molar-refractivity contribution >= 4 is 23.4 Å². The highest BCUT2D eigenvalue weighted by Crippen LogP contribution is 2.35. The van der Waals surface area contributed by atoms with Crippen molar-refractivity contribution in [3.63, 3.8) is 0 Å². The summed E-state index contributed by atoms with van der Waals surface area (Å²) in [7, 11) is 0. The lowest BCUT2D eigenvalue weighted by molar-refractivity contribution is -0.139. The summed E-state index contributed by atoms with van der Waals surface area (Å²) in [6.45, 7) is 7.64. The standard InChI is InChI=1S/C24H22N2O6S/c1-5-29-23(28)20-14(4)25-24-26(21(20)16-7-6-13(3)32-16)22(27)19(33-24)10-15-9-18-17(8-12(15)2)30-11-31-18/h6-10,21H,5,11H2,1-4H3/b19-10-/t21-/m1/s1. The lowest BCUT2D eigenvalue weighted by Gasteiger charge is -2.22. The number of allylic oxidation sites excluding steroid dienone is 1. The minimum Gasteiger partial charge on any atom is -0.464 e. The topological polar surface area (TPSA) is 92.3 Å². The summed E-state index contributed by atoms with van der Waals surface area (Å²) in [5.74, 6) is 1.98. The zero-order valence-corrected chi connectivity index (χ0v) is 19.4. The molecule has 8 nitrogen and oxygen atoms in total. The van der Waals surface area contributed by atoms with Crippen LogP contribution in [0.3, 0.4) is 0 Å². The van der Waals surface area contributed by atoms with E-state index in [1.165, 1.54) is 15.9 Å². The molecule has 4 heterocycles. The van der Waals surface area contributed by atoms with E-state index < -0.39 is 12.0 Å². The summed E-state index contributed by atoms with van der Waals surface area (Å²) >= 11 is 1.26. The lowest BCUT2D eigenvalue weighted by atomic mass is 10.0. The van der Waals surface area contributed by atoms with Crippen molar-refractivity contribution in [2.24, 2.45) is 4.99 Å². The third-order valence-corrected chi connectivity index (χ3v) is 6.58. The van der Waals surface area contributed by atoms with Crippen molar-refractivity contribution in [1.29, 1.82) is 0 Å². The van der Waals surface area contributed by atoms with Crippen LogP contribution in [-0.4, -0.2) is 23.9 Å². The second-order valence-electron chi connectivity index (χ2n) is 7.81. The van der Waals surface area contributed by atoms with Gasteiger partial charge < -0.3 is 18.6 Å². The molecular weight excluding hydrogens is 444 g/mol. The van der Waals surface area contributed by atoms with E-state index in [1.54, 1.807) is 26.0 Å². The average Bonchev–Trinajstić information content (AvgIpc) is 3.47. The van der Waals surface area contributed by atoms with E-state index in [-0.39, 0.29) is 19.0 Å². The van der Waals surface area contributed by atoms with E-state index >= 15 is 0 Å². The SMILES string of the molecule is CCOC(=O)C1=C(C)N=c2s/c(=C\c3cc4c(cc3C)OCO4)c(=O)n2[C@@H]1c1ccc(C)o1. The Morgan fingerprint density at radius 1 is 1.24 bits per heavy atom. The Balaban J connectivity index is 1.71. The van der Waals surface area contributed by atoms with Crippen LogP contribution in [0.1, 0.15) is 42.5 Å². The third-order valence-electron chi connectivity index (χ3n) is 5.60. The zero-order valence-electron chi connectivity index (χ0n) is 18.6. The number of fused-ring (bicyclic) bond motifs is 2. The van der Waals surface area contributed by atoms with Gasteiger partial charge in [-0.25, -0.2) is 9.79 Å². The Hall–Kier alpha value is -3.59. The molecule has 0 spiro atoms. The van der Waals surface area contributed by atoms with Gasteiger partial charge in [0.05, 0.1) is 22.4 Å². The molecule has 0 saturated carbocycles. The average molecular weight is 467 g/mol. The minimum atomic E-state index is -0.756. The Morgan fingerprint density at radius 2 is 2.00 bits per heavy atom. The van der Waals surface area contributed by atoms with Crippen LogP contribution in [0.5, 0.6) is 11.5 Å². The maximum absolute atomic E-state index is 13.6. The van der Waals surface area contributed by atoms with Crippen molar-refractivity contribution in [1.82, 2.24) is 4.57 Å². The first kappa shape index (κ1) is 21.3. The van der Waals surface area contributed by atoms with Crippen LogP contribution in [0.4, 0.5) is 0 Å². The number of hydrogen-bond acceptors (Lipinski definition) is 8. The largest absolute Gasteiger partial charge is 0.464 e. The van der Waals surface area contributed by atoms with Gasteiger partial charge in [-0.1, -0.05) is 11.3 Å². The fourth-order valence-corrected chi connectivity index (χ4v) is 5.05. The Labute approximate surface area is 193 Å². The predicted molar refractivity (Wildman–Crippen MR) is 121 cm³/mol. The lowest BCUT2D eigenvalue weighted by Crippen LogP contribution is -2.39. The Kier molecular flexibility index (Phi) is 5.20. The first-order chi connectivity index (χ1) is 15.9.